The van der Waals surface area contributed by atoms with Crippen molar-refractivity contribution in [2.75, 3.05) is 0 Å². The molecule has 2 aromatic heterocycles. The molecule has 100 valence electrons. The van der Waals surface area contributed by atoms with E-state index < -0.39 is 0 Å². The van der Waals surface area contributed by atoms with Gasteiger partial charge >= 0.3 is 0 Å². The van der Waals surface area contributed by atoms with Crippen molar-refractivity contribution in [3.05, 3.63) is 65.9 Å². The van der Waals surface area contributed by atoms with Crippen molar-refractivity contribution in [1.29, 1.82) is 0 Å². The van der Waals surface area contributed by atoms with Gasteiger partial charge in [-0.05, 0) is 36.2 Å². The number of pyridine rings is 1. The van der Waals surface area contributed by atoms with Crippen LogP contribution >= 0.6 is 0 Å². The highest BCUT2D eigenvalue weighted by Crippen LogP contribution is 2.11. The smallest absolute Gasteiger partial charge is 0.199 e. The van der Waals surface area contributed by atoms with Gasteiger partial charge in [-0.3, -0.25) is 10.1 Å². The van der Waals surface area contributed by atoms with Gasteiger partial charge in [0, 0.05) is 12.6 Å². The number of hydrogen-bond donors (Lipinski definition) is 1. The molecule has 0 unspecified atom stereocenters. The molecule has 0 aliphatic rings. The van der Waals surface area contributed by atoms with Crippen LogP contribution < -0.4 is 0 Å². The minimum Gasteiger partial charge on any atom is -0.263 e. The lowest BCUT2D eigenvalue weighted by atomic mass is 10.1. The second-order valence-corrected chi connectivity index (χ2v) is 4.45. The third-order valence-electron chi connectivity index (χ3n) is 2.99. The zero-order valence-corrected chi connectivity index (χ0v) is 10.8. The summed E-state index contributed by atoms with van der Waals surface area (Å²) in [6.45, 7) is 0. The van der Waals surface area contributed by atoms with Crippen molar-refractivity contribution >= 4 is 0 Å². The van der Waals surface area contributed by atoms with Gasteiger partial charge in [0.15, 0.2) is 5.82 Å². The highest BCUT2D eigenvalue weighted by atomic mass is 19.1. The molecular weight excluding hydrogens is 255 g/mol. The van der Waals surface area contributed by atoms with Crippen LogP contribution in [0.5, 0.6) is 0 Å². The summed E-state index contributed by atoms with van der Waals surface area (Å²) in [5, 5.41) is 7.06. The molecule has 1 aromatic carbocycles. The van der Waals surface area contributed by atoms with Gasteiger partial charge in [-0.1, -0.05) is 18.2 Å². The molecule has 0 amide bonds. The SMILES string of the molecule is Fc1ccc(CCc2nc(-c3ccccn3)n[nH]2)cc1. The Balaban J connectivity index is 1.67. The maximum atomic E-state index is 12.8. The van der Waals surface area contributed by atoms with Gasteiger partial charge in [-0.15, -0.1) is 0 Å². The highest BCUT2D eigenvalue weighted by molar-refractivity contribution is 5.47. The van der Waals surface area contributed by atoms with Crippen molar-refractivity contribution in [3.8, 4) is 11.5 Å². The van der Waals surface area contributed by atoms with Crippen LogP contribution in [0.4, 0.5) is 4.39 Å². The Morgan fingerprint density at radius 2 is 1.85 bits per heavy atom. The molecule has 0 aliphatic carbocycles. The first-order valence-corrected chi connectivity index (χ1v) is 6.38. The molecule has 20 heavy (non-hydrogen) atoms. The van der Waals surface area contributed by atoms with Crippen LogP contribution in [0.15, 0.2) is 48.7 Å². The molecule has 0 saturated carbocycles. The van der Waals surface area contributed by atoms with Crippen LogP contribution in [-0.2, 0) is 12.8 Å². The summed E-state index contributed by atoms with van der Waals surface area (Å²) in [5.41, 5.74) is 1.82. The Hall–Kier alpha value is -2.56. The van der Waals surface area contributed by atoms with Crippen molar-refractivity contribution in [1.82, 2.24) is 20.2 Å². The van der Waals surface area contributed by atoms with E-state index in [0.29, 0.717) is 5.82 Å². The third-order valence-corrected chi connectivity index (χ3v) is 2.99. The quantitative estimate of drug-likeness (QED) is 0.791. The molecular formula is C15H13FN4. The molecule has 0 bridgehead atoms. The number of halogens is 1. The van der Waals surface area contributed by atoms with E-state index in [4.69, 9.17) is 0 Å². The summed E-state index contributed by atoms with van der Waals surface area (Å²) in [6, 6.07) is 12.1. The normalized spacial score (nSPS) is 10.7. The van der Waals surface area contributed by atoms with Gasteiger partial charge in [-0.25, -0.2) is 9.37 Å². The van der Waals surface area contributed by atoms with Crippen molar-refractivity contribution < 1.29 is 4.39 Å². The van der Waals surface area contributed by atoms with Crippen molar-refractivity contribution in [2.45, 2.75) is 12.8 Å². The van der Waals surface area contributed by atoms with Gasteiger partial charge in [0.2, 0.25) is 0 Å². The Kier molecular flexibility index (Phi) is 3.50. The summed E-state index contributed by atoms with van der Waals surface area (Å²) >= 11 is 0. The Morgan fingerprint density at radius 3 is 2.60 bits per heavy atom. The zero-order valence-electron chi connectivity index (χ0n) is 10.8. The minimum atomic E-state index is -0.217. The molecule has 0 fully saturated rings. The second kappa shape index (κ2) is 5.61. The lowest BCUT2D eigenvalue weighted by Gasteiger charge is -1.98. The molecule has 5 heteroatoms. The largest absolute Gasteiger partial charge is 0.263 e. The fourth-order valence-electron chi connectivity index (χ4n) is 1.93. The van der Waals surface area contributed by atoms with Crippen LogP contribution in [-0.4, -0.2) is 20.2 Å². The lowest BCUT2D eigenvalue weighted by molar-refractivity contribution is 0.627. The second-order valence-electron chi connectivity index (χ2n) is 4.45. The minimum absolute atomic E-state index is 0.217. The summed E-state index contributed by atoms with van der Waals surface area (Å²) in [6.07, 6.45) is 3.23. The number of nitrogens with one attached hydrogen (secondary N) is 1. The highest BCUT2D eigenvalue weighted by Gasteiger charge is 2.06. The first-order chi connectivity index (χ1) is 9.81. The van der Waals surface area contributed by atoms with Crippen LogP contribution in [0.25, 0.3) is 11.5 Å². The number of hydrogen-bond acceptors (Lipinski definition) is 3. The summed E-state index contributed by atoms with van der Waals surface area (Å²) in [7, 11) is 0. The molecule has 0 saturated heterocycles. The molecule has 2 heterocycles. The van der Waals surface area contributed by atoms with E-state index in [9.17, 15) is 4.39 Å². The van der Waals surface area contributed by atoms with Crippen LogP contribution in [0.2, 0.25) is 0 Å². The molecule has 4 nitrogen and oxygen atoms in total. The zero-order chi connectivity index (χ0) is 13.8. The maximum absolute atomic E-state index is 12.8. The number of H-pyrrole nitrogens is 1. The van der Waals surface area contributed by atoms with Crippen LogP contribution in [0.3, 0.4) is 0 Å². The van der Waals surface area contributed by atoms with E-state index in [1.54, 1.807) is 18.3 Å². The van der Waals surface area contributed by atoms with Crippen molar-refractivity contribution in [3.63, 3.8) is 0 Å². The standard InChI is InChI=1S/C15H13FN4/c16-12-7-4-11(5-8-12)6-9-14-18-15(20-19-14)13-3-1-2-10-17-13/h1-5,7-8,10H,6,9H2,(H,18,19,20). The van der Waals surface area contributed by atoms with Crippen LogP contribution in [0, 0.1) is 5.82 Å². The summed E-state index contributed by atoms with van der Waals surface area (Å²) in [4.78, 5) is 8.61. The number of aryl methyl sites for hydroxylation is 2. The number of aromatic amines is 1. The van der Waals surface area contributed by atoms with Gasteiger partial charge < -0.3 is 0 Å². The first kappa shape index (κ1) is 12.5. The maximum Gasteiger partial charge on any atom is 0.199 e. The van der Waals surface area contributed by atoms with Gasteiger partial charge in [0.25, 0.3) is 0 Å². The first-order valence-electron chi connectivity index (χ1n) is 6.38. The lowest BCUT2D eigenvalue weighted by Crippen LogP contribution is -1.94. The van der Waals surface area contributed by atoms with E-state index >= 15 is 0 Å². The molecule has 0 spiro atoms. The Bertz CT molecular complexity index is 677. The number of aromatic nitrogens is 4. The monoisotopic (exact) mass is 268 g/mol. The summed E-state index contributed by atoms with van der Waals surface area (Å²) < 4.78 is 12.8. The summed E-state index contributed by atoms with van der Waals surface area (Å²) in [5.74, 6) is 1.18. The topological polar surface area (TPSA) is 54.5 Å². The molecule has 1 N–H and O–H groups in total. The molecule has 0 radical (unpaired) electrons. The predicted octanol–water partition coefficient (Wildman–Crippen LogP) is 2.79. The number of nitrogens with zero attached hydrogens (tertiary/aromatic N) is 3. The third kappa shape index (κ3) is 2.88. The molecule has 0 aliphatic heterocycles. The average Bonchev–Trinajstić information content (AvgIpc) is 2.97. The fraction of sp³-hybridized carbons (Fsp3) is 0.133. The van der Waals surface area contributed by atoms with E-state index in [2.05, 4.69) is 20.2 Å². The number of benzene rings is 1. The van der Waals surface area contributed by atoms with Crippen LogP contribution in [0.1, 0.15) is 11.4 Å². The van der Waals surface area contributed by atoms with E-state index in [-0.39, 0.29) is 5.82 Å². The number of rotatable bonds is 4. The van der Waals surface area contributed by atoms with Gasteiger partial charge in [0.05, 0.1) is 0 Å². The van der Waals surface area contributed by atoms with Gasteiger partial charge in [0.1, 0.15) is 17.3 Å². The fourth-order valence-corrected chi connectivity index (χ4v) is 1.93. The Morgan fingerprint density at radius 1 is 1.00 bits per heavy atom. The average molecular weight is 268 g/mol. The van der Waals surface area contributed by atoms with E-state index in [1.807, 2.05) is 18.2 Å². The predicted molar refractivity (Wildman–Crippen MR) is 73.4 cm³/mol. The van der Waals surface area contributed by atoms with E-state index in [1.165, 1.54) is 12.1 Å². The molecule has 3 rings (SSSR count). The molecule has 3 aromatic rings. The van der Waals surface area contributed by atoms with Crippen molar-refractivity contribution in [2.24, 2.45) is 0 Å². The van der Waals surface area contributed by atoms with E-state index in [0.717, 1.165) is 29.9 Å². The molecule has 0 atom stereocenters. The Labute approximate surface area is 115 Å². The van der Waals surface area contributed by atoms with Gasteiger partial charge in [-0.2, -0.15) is 5.10 Å².